The van der Waals surface area contributed by atoms with Crippen molar-refractivity contribution < 1.29 is 28.5 Å². The van der Waals surface area contributed by atoms with Gasteiger partial charge in [0.25, 0.3) is 11.9 Å². The molecule has 1 aliphatic carbocycles. The molecule has 10 heteroatoms. The van der Waals surface area contributed by atoms with Crippen molar-refractivity contribution in [3.8, 4) is 5.75 Å². The van der Waals surface area contributed by atoms with Crippen molar-refractivity contribution in [1.29, 1.82) is 0 Å². The number of hydrogen-bond acceptors (Lipinski definition) is 8. The Hall–Kier alpha value is -3.82. The molecule has 0 radical (unpaired) electrons. The molecule has 2 amide bonds. The number of anilines is 1. The van der Waals surface area contributed by atoms with Gasteiger partial charge < -0.3 is 24.3 Å². The average Bonchev–Trinajstić information content (AvgIpc) is 3.51. The fourth-order valence-electron chi connectivity index (χ4n) is 5.00. The summed E-state index contributed by atoms with van der Waals surface area (Å²) in [7, 11) is 1.58. The van der Waals surface area contributed by atoms with Gasteiger partial charge in [-0.05, 0) is 76.3 Å². The summed E-state index contributed by atoms with van der Waals surface area (Å²) in [5.41, 5.74) is 0.0978. The van der Waals surface area contributed by atoms with Gasteiger partial charge >= 0.3 is 6.09 Å². The summed E-state index contributed by atoms with van der Waals surface area (Å²) in [5, 5.41) is 5.61. The molecule has 1 aromatic rings. The summed E-state index contributed by atoms with van der Waals surface area (Å²) in [6.07, 6.45) is 7.31. The standard InChI is InChI=1S/C28H34N4O6/c1-17-6-8-19(35-5)14-29-21(12-17)23(33)30-18-7-9-22-20(13-18)28(27(10-11-27)15-36-22)16-37-24(32-28)31-25(34)38-26(2,3)4/h7-9,12-14,17H,6,10-11,15-16H2,1-5H3,(H,30,33)(H,31,32,34). The molecule has 0 aromatic heterocycles. The third kappa shape index (κ3) is 4.99. The largest absolute Gasteiger partial charge is 0.495 e. The Labute approximate surface area is 222 Å². The van der Waals surface area contributed by atoms with E-state index >= 15 is 0 Å². The number of methoxy groups -OCH3 is 1. The number of nitrogens with one attached hydrogen (secondary N) is 2. The third-order valence-corrected chi connectivity index (χ3v) is 7.17. The highest BCUT2D eigenvalue weighted by atomic mass is 16.6. The average molecular weight is 523 g/mol. The number of carbonyl (C=O) groups excluding carboxylic acids is 2. The highest BCUT2D eigenvalue weighted by Crippen LogP contribution is 2.65. The molecule has 5 rings (SSSR count). The zero-order valence-electron chi connectivity index (χ0n) is 22.4. The number of allylic oxidation sites excluding steroid dienone is 3. The van der Waals surface area contributed by atoms with Crippen LogP contribution in [0.1, 0.15) is 52.5 Å². The molecule has 2 spiro atoms. The number of alkyl carbamates (subject to hydrolysis) is 1. The monoisotopic (exact) mass is 522 g/mol. The number of amidine groups is 1. The lowest BCUT2D eigenvalue weighted by atomic mass is 9.74. The molecule has 1 fully saturated rings. The van der Waals surface area contributed by atoms with E-state index in [2.05, 4.69) is 15.6 Å². The molecule has 2 N–H and O–H groups in total. The zero-order valence-corrected chi connectivity index (χ0v) is 22.4. The van der Waals surface area contributed by atoms with Gasteiger partial charge in [0.05, 0.1) is 19.9 Å². The second kappa shape index (κ2) is 9.49. The SMILES string of the molecule is COC1=CCC(C)C=C(C(=O)Nc2ccc3c(c2)C2(COC(NC(=O)OC(C)(C)C)=N2)C2(CC2)CO3)N=C1. The number of benzene rings is 1. The molecule has 1 aromatic carbocycles. The number of fused-ring (bicyclic) bond motifs is 3. The van der Waals surface area contributed by atoms with Crippen LogP contribution in [-0.2, 0) is 24.5 Å². The van der Waals surface area contributed by atoms with Crippen LogP contribution in [0.4, 0.5) is 10.5 Å². The predicted octanol–water partition coefficient (Wildman–Crippen LogP) is 4.43. The van der Waals surface area contributed by atoms with Crippen molar-refractivity contribution in [3.63, 3.8) is 0 Å². The Bertz CT molecular complexity index is 1270. The maximum atomic E-state index is 13.2. The zero-order chi connectivity index (χ0) is 27.1. The molecule has 202 valence electrons. The fourth-order valence-corrected chi connectivity index (χ4v) is 5.00. The van der Waals surface area contributed by atoms with E-state index in [0.717, 1.165) is 24.8 Å². The van der Waals surface area contributed by atoms with Crippen LogP contribution in [0.15, 0.2) is 51.8 Å². The lowest BCUT2D eigenvalue weighted by Crippen LogP contribution is -2.44. The highest BCUT2D eigenvalue weighted by molar-refractivity contribution is 6.05. The molecule has 38 heavy (non-hydrogen) atoms. The minimum Gasteiger partial charge on any atom is -0.495 e. The smallest absolute Gasteiger partial charge is 0.415 e. The minimum atomic E-state index is -0.740. The van der Waals surface area contributed by atoms with Crippen LogP contribution >= 0.6 is 0 Å². The minimum absolute atomic E-state index is 0.120. The quantitative estimate of drug-likeness (QED) is 0.606. The number of rotatable bonds is 3. The van der Waals surface area contributed by atoms with E-state index in [1.165, 1.54) is 0 Å². The summed E-state index contributed by atoms with van der Waals surface area (Å²) < 4.78 is 22.7. The molecule has 4 aliphatic rings. The molecular formula is C28H34N4O6. The molecule has 0 saturated heterocycles. The van der Waals surface area contributed by atoms with Crippen molar-refractivity contribution in [2.24, 2.45) is 21.3 Å². The van der Waals surface area contributed by atoms with E-state index in [0.29, 0.717) is 29.5 Å². The molecule has 10 nitrogen and oxygen atoms in total. The molecule has 3 aliphatic heterocycles. The van der Waals surface area contributed by atoms with Gasteiger partial charge in [-0.1, -0.05) is 6.92 Å². The second-order valence-corrected chi connectivity index (χ2v) is 11.3. The third-order valence-electron chi connectivity index (χ3n) is 7.17. The Morgan fingerprint density at radius 1 is 1.13 bits per heavy atom. The van der Waals surface area contributed by atoms with Crippen molar-refractivity contribution in [2.75, 3.05) is 25.6 Å². The highest BCUT2D eigenvalue weighted by Gasteiger charge is 2.66. The molecule has 3 heterocycles. The first-order valence-corrected chi connectivity index (χ1v) is 12.8. The number of aliphatic imine (C=N–C) groups is 2. The number of hydrogen-bond donors (Lipinski definition) is 2. The number of ether oxygens (including phenoxy) is 4. The van der Waals surface area contributed by atoms with E-state index in [4.69, 9.17) is 23.9 Å². The van der Waals surface area contributed by atoms with Crippen molar-refractivity contribution in [1.82, 2.24) is 5.32 Å². The fraction of sp³-hybridized carbons (Fsp3) is 0.500. The van der Waals surface area contributed by atoms with Crippen LogP contribution in [0, 0.1) is 11.3 Å². The Morgan fingerprint density at radius 3 is 2.63 bits per heavy atom. The van der Waals surface area contributed by atoms with Gasteiger partial charge in [-0.25, -0.2) is 20.1 Å². The number of nitrogens with zero attached hydrogens (tertiary/aromatic N) is 2. The molecule has 2 unspecified atom stereocenters. The Balaban J connectivity index is 1.41. The van der Waals surface area contributed by atoms with E-state index in [9.17, 15) is 9.59 Å². The van der Waals surface area contributed by atoms with Crippen molar-refractivity contribution in [2.45, 2.75) is 58.1 Å². The number of carbonyl (C=O) groups is 2. The maximum absolute atomic E-state index is 13.2. The molecular weight excluding hydrogens is 488 g/mol. The maximum Gasteiger partial charge on any atom is 0.415 e. The van der Waals surface area contributed by atoms with Gasteiger partial charge in [0.2, 0.25) is 0 Å². The van der Waals surface area contributed by atoms with Gasteiger partial charge in [-0.2, -0.15) is 0 Å². The normalized spacial score (nSPS) is 25.0. The molecule has 2 atom stereocenters. The topological polar surface area (TPSA) is 120 Å². The Kier molecular flexibility index (Phi) is 6.44. The van der Waals surface area contributed by atoms with Gasteiger partial charge in [0.15, 0.2) is 0 Å². The predicted molar refractivity (Wildman–Crippen MR) is 142 cm³/mol. The van der Waals surface area contributed by atoms with Crippen LogP contribution in [0.2, 0.25) is 0 Å². The van der Waals surface area contributed by atoms with Crippen molar-refractivity contribution in [3.05, 3.63) is 47.4 Å². The van der Waals surface area contributed by atoms with E-state index in [1.54, 1.807) is 40.2 Å². The first-order valence-electron chi connectivity index (χ1n) is 12.8. The van der Waals surface area contributed by atoms with E-state index < -0.39 is 17.2 Å². The first kappa shape index (κ1) is 25.8. The van der Waals surface area contributed by atoms with Gasteiger partial charge in [-0.15, -0.1) is 0 Å². The summed E-state index contributed by atoms with van der Waals surface area (Å²) in [5.74, 6) is 1.09. The second-order valence-electron chi connectivity index (χ2n) is 11.3. The Morgan fingerprint density at radius 2 is 1.92 bits per heavy atom. The lowest BCUT2D eigenvalue weighted by molar-refractivity contribution is -0.112. The van der Waals surface area contributed by atoms with E-state index in [-0.39, 0.29) is 29.9 Å². The summed E-state index contributed by atoms with van der Waals surface area (Å²) in [6.45, 7) is 8.16. The van der Waals surface area contributed by atoms with Crippen LogP contribution < -0.4 is 15.4 Å². The first-order chi connectivity index (χ1) is 18.0. The van der Waals surface area contributed by atoms with Crippen LogP contribution in [0.3, 0.4) is 0 Å². The summed E-state index contributed by atoms with van der Waals surface area (Å²) in [6, 6.07) is 5.64. The number of amides is 2. The van der Waals surface area contributed by atoms with Gasteiger partial charge in [0, 0.05) is 16.7 Å². The lowest BCUT2D eigenvalue weighted by Gasteiger charge is -2.39. The summed E-state index contributed by atoms with van der Waals surface area (Å²) >= 11 is 0. The van der Waals surface area contributed by atoms with Crippen molar-refractivity contribution >= 4 is 29.9 Å². The van der Waals surface area contributed by atoms with Crippen LogP contribution in [0.5, 0.6) is 5.75 Å². The summed E-state index contributed by atoms with van der Waals surface area (Å²) in [4.78, 5) is 34.8. The molecule has 0 bridgehead atoms. The van der Waals surface area contributed by atoms with Crippen LogP contribution in [0.25, 0.3) is 0 Å². The van der Waals surface area contributed by atoms with Crippen LogP contribution in [-0.4, -0.2) is 50.2 Å². The molecule has 1 saturated carbocycles. The van der Waals surface area contributed by atoms with E-state index in [1.807, 2.05) is 31.2 Å². The van der Waals surface area contributed by atoms with Gasteiger partial charge in [0.1, 0.15) is 35.0 Å². The van der Waals surface area contributed by atoms with Gasteiger partial charge in [-0.3, -0.25) is 4.79 Å².